The van der Waals surface area contributed by atoms with Gasteiger partial charge in [0.2, 0.25) is 0 Å². The standard InChI is InChI=1S/C23H18N2O4/c1-27-21-10-3-2-9-19(21)20-14-18(29-25-20)15-28-22(26)12-11-17-7-4-6-16-8-5-13-24-23(16)17/h2-14H,15H2,1H3/b12-11+. The molecule has 0 atom stereocenters. The first-order valence-corrected chi connectivity index (χ1v) is 9.02. The van der Waals surface area contributed by atoms with E-state index in [1.54, 1.807) is 25.4 Å². The third-order valence-electron chi connectivity index (χ3n) is 4.36. The molecular weight excluding hydrogens is 368 g/mol. The van der Waals surface area contributed by atoms with Crippen molar-refractivity contribution in [3.63, 3.8) is 0 Å². The summed E-state index contributed by atoms with van der Waals surface area (Å²) in [6.07, 6.45) is 4.79. The SMILES string of the molecule is COc1ccccc1-c1cc(COC(=O)/C=C/c2cccc3cccnc23)on1. The summed E-state index contributed by atoms with van der Waals surface area (Å²) in [5.74, 6) is 0.656. The number of para-hydroxylation sites is 2. The van der Waals surface area contributed by atoms with Gasteiger partial charge in [-0.2, -0.15) is 0 Å². The number of hydrogen-bond donors (Lipinski definition) is 0. The van der Waals surface area contributed by atoms with Gasteiger partial charge < -0.3 is 14.0 Å². The van der Waals surface area contributed by atoms with Crippen LogP contribution in [0.3, 0.4) is 0 Å². The lowest BCUT2D eigenvalue weighted by atomic mass is 10.1. The quantitative estimate of drug-likeness (QED) is 0.355. The van der Waals surface area contributed by atoms with Crippen molar-refractivity contribution in [2.75, 3.05) is 7.11 Å². The van der Waals surface area contributed by atoms with E-state index in [4.69, 9.17) is 14.0 Å². The van der Waals surface area contributed by atoms with Crippen LogP contribution in [-0.4, -0.2) is 23.2 Å². The highest BCUT2D eigenvalue weighted by molar-refractivity contribution is 5.92. The van der Waals surface area contributed by atoms with Crippen LogP contribution in [0.25, 0.3) is 28.2 Å². The third-order valence-corrected chi connectivity index (χ3v) is 4.36. The number of carbonyl (C=O) groups is 1. The Morgan fingerprint density at radius 2 is 1.97 bits per heavy atom. The van der Waals surface area contributed by atoms with Crippen molar-refractivity contribution in [3.8, 4) is 17.0 Å². The summed E-state index contributed by atoms with van der Waals surface area (Å²) in [6.45, 7) is -0.0148. The summed E-state index contributed by atoms with van der Waals surface area (Å²) in [7, 11) is 1.60. The maximum Gasteiger partial charge on any atom is 0.331 e. The van der Waals surface area contributed by atoms with Crippen LogP contribution in [0.15, 0.2) is 77.5 Å². The molecule has 6 nitrogen and oxygen atoms in total. The highest BCUT2D eigenvalue weighted by Gasteiger charge is 2.12. The minimum Gasteiger partial charge on any atom is -0.496 e. The highest BCUT2D eigenvalue weighted by atomic mass is 16.5. The van der Waals surface area contributed by atoms with Gasteiger partial charge in [0, 0.05) is 34.9 Å². The molecule has 0 N–H and O–H groups in total. The maximum absolute atomic E-state index is 12.1. The normalized spacial score (nSPS) is 11.1. The van der Waals surface area contributed by atoms with Gasteiger partial charge in [-0.15, -0.1) is 0 Å². The molecular formula is C23H18N2O4. The van der Waals surface area contributed by atoms with E-state index in [2.05, 4.69) is 10.1 Å². The molecule has 2 aromatic heterocycles. The lowest BCUT2D eigenvalue weighted by molar-refractivity contribution is -0.139. The van der Waals surface area contributed by atoms with Gasteiger partial charge >= 0.3 is 5.97 Å². The van der Waals surface area contributed by atoms with Gasteiger partial charge in [-0.1, -0.05) is 41.6 Å². The first-order valence-electron chi connectivity index (χ1n) is 9.02. The molecule has 0 fully saturated rings. The molecule has 0 aliphatic carbocycles. The smallest absolute Gasteiger partial charge is 0.331 e. The van der Waals surface area contributed by atoms with Gasteiger partial charge in [-0.05, 0) is 24.3 Å². The van der Waals surface area contributed by atoms with Crippen LogP contribution >= 0.6 is 0 Å². The number of methoxy groups -OCH3 is 1. The summed E-state index contributed by atoms with van der Waals surface area (Å²) >= 11 is 0. The average molecular weight is 386 g/mol. The minimum atomic E-state index is -0.479. The fourth-order valence-corrected chi connectivity index (χ4v) is 2.97. The van der Waals surface area contributed by atoms with Crippen molar-refractivity contribution in [1.29, 1.82) is 0 Å². The number of carbonyl (C=O) groups excluding carboxylic acids is 1. The number of nitrogens with zero attached hydrogens (tertiary/aromatic N) is 2. The first kappa shape index (κ1) is 18.4. The minimum absolute atomic E-state index is 0.0148. The fourth-order valence-electron chi connectivity index (χ4n) is 2.97. The molecule has 0 bridgehead atoms. The Labute approximate surface area is 167 Å². The van der Waals surface area contributed by atoms with E-state index in [1.807, 2.05) is 54.6 Å². The van der Waals surface area contributed by atoms with Gasteiger partial charge in [-0.3, -0.25) is 4.98 Å². The van der Waals surface area contributed by atoms with Crippen molar-refractivity contribution in [2.24, 2.45) is 0 Å². The van der Waals surface area contributed by atoms with Crippen molar-refractivity contribution >= 4 is 22.9 Å². The van der Waals surface area contributed by atoms with Crippen LogP contribution in [0.5, 0.6) is 5.75 Å². The number of ether oxygens (including phenoxy) is 2. The summed E-state index contributed by atoms with van der Waals surface area (Å²) in [6, 6.07) is 18.9. The second kappa shape index (κ2) is 8.39. The Bertz CT molecular complexity index is 1170. The largest absolute Gasteiger partial charge is 0.496 e. The van der Waals surface area contributed by atoms with Crippen LogP contribution in [0.4, 0.5) is 0 Å². The summed E-state index contributed by atoms with van der Waals surface area (Å²) in [4.78, 5) is 16.5. The number of fused-ring (bicyclic) bond motifs is 1. The second-order valence-electron chi connectivity index (χ2n) is 6.24. The molecule has 6 heteroatoms. The first-order chi connectivity index (χ1) is 14.2. The highest BCUT2D eigenvalue weighted by Crippen LogP contribution is 2.29. The summed E-state index contributed by atoms with van der Waals surface area (Å²) in [5, 5.41) is 5.04. The van der Waals surface area contributed by atoms with E-state index < -0.39 is 5.97 Å². The number of rotatable bonds is 6. The molecule has 29 heavy (non-hydrogen) atoms. The van der Waals surface area contributed by atoms with Crippen molar-refractivity contribution < 1.29 is 18.8 Å². The zero-order valence-corrected chi connectivity index (χ0v) is 15.7. The molecule has 4 aromatic rings. The average Bonchev–Trinajstić information content (AvgIpc) is 3.25. The number of esters is 1. The van der Waals surface area contributed by atoms with E-state index in [0.29, 0.717) is 17.2 Å². The number of hydrogen-bond acceptors (Lipinski definition) is 6. The Balaban J connectivity index is 1.41. The molecule has 2 heterocycles. The molecule has 0 spiro atoms. The topological polar surface area (TPSA) is 74.5 Å². The number of pyridine rings is 1. The maximum atomic E-state index is 12.1. The summed E-state index contributed by atoms with van der Waals surface area (Å²) in [5.41, 5.74) is 3.10. The summed E-state index contributed by atoms with van der Waals surface area (Å²) < 4.78 is 15.9. The van der Waals surface area contributed by atoms with Crippen LogP contribution in [0.2, 0.25) is 0 Å². The number of benzene rings is 2. The van der Waals surface area contributed by atoms with Crippen LogP contribution in [0.1, 0.15) is 11.3 Å². The van der Waals surface area contributed by atoms with E-state index in [1.165, 1.54) is 6.08 Å². The molecule has 4 rings (SSSR count). The molecule has 0 radical (unpaired) electrons. The predicted octanol–water partition coefficient (Wildman–Crippen LogP) is 4.66. The van der Waals surface area contributed by atoms with Crippen molar-refractivity contribution in [1.82, 2.24) is 10.1 Å². The Kier molecular flexibility index (Phi) is 5.33. The van der Waals surface area contributed by atoms with Crippen molar-refractivity contribution in [2.45, 2.75) is 6.61 Å². The Hall–Kier alpha value is -3.93. The molecule has 0 amide bonds. The van der Waals surface area contributed by atoms with E-state index in [9.17, 15) is 4.79 Å². The monoisotopic (exact) mass is 386 g/mol. The molecule has 2 aromatic carbocycles. The zero-order chi connectivity index (χ0) is 20.1. The molecule has 0 saturated heterocycles. The van der Waals surface area contributed by atoms with E-state index in [0.717, 1.165) is 22.0 Å². The molecule has 0 aliphatic heterocycles. The second-order valence-corrected chi connectivity index (χ2v) is 6.24. The lowest BCUT2D eigenvalue weighted by Crippen LogP contribution is -2.00. The molecule has 0 aliphatic rings. The van der Waals surface area contributed by atoms with Gasteiger partial charge in [0.05, 0.1) is 12.6 Å². The van der Waals surface area contributed by atoms with Gasteiger partial charge in [0.25, 0.3) is 0 Å². The Morgan fingerprint density at radius 1 is 1.10 bits per heavy atom. The van der Waals surface area contributed by atoms with Crippen LogP contribution in [0, 0.1) is 0 Å². The van der Waals surface area contributed by atoms with Gasteiger partial charge in [0.1, 0.15) is 11.4 Å². The molecule has 0 saturated carbocycles. The predicted molar refractivity (Wildman–Crippen MR) is 109 cm³/mol. The van der Waals surface area contributed by atoms with E-state index >= 15 is 0 Å². The van der Waals surface area contributed by atoms with Gasteiger partial charge in [-0.25, -0.2) is 4.79 Å². The fraction of sp³-hybridized carbons (Fsp3) is 0.0870. The van der Waals surface area contributed by atoms with Crippen molar-refractivity contribution in [3.05, 3.63) is 84.3 Å². The van der Waals surface area contributed by atoms with Gasteiger partial charge in [0.15, 0.2) is 12.4 Å². The zero-order valence-electron chi connectivity index (χ0n) is 15.7. The third kappa shape index (κ3) is 4.16. The van der Waals surface area contributed by atoms with Crippen LogP contribution in [-0.2, 0) is 16.1 Å². The van der Waals surface area contributed by atoms with E-state index in [-0.39, 0.29) is 6.61 Å². The van der Waals surface area contributed by atoms with Crippen LogP contribution < -0.4 is 4.74 Å². The molecule has 0 unspecified atom stereocenters. The lowest BCUT2D eigenvalue weighted by Gasteiger charge is -2.03. The number of aromatic nitrogens is 2. The molecule has 144 valence electrons. The Morgan fingerprint density at radius 3 is 2.86 bits per heavy atom.